The summed E-state index contributed by atoms with van der Waals surface area (Å²) in [7, 11) is 0. The number of rotatable bonds is 6. The van der Waals surface area contributed by atoms with Gasteiger partial charge < -0.3 is 22.0 Å². The van der Waals surface area contributed by atoms with Crippen LogP contribution in [-0.4, -0.2) is 28.5 Å². The van der Waals surface area contributed by atoms with Gasteiger partial charge in [-0.2, -0.15) is 0 Å². The number of aromatic nitrogens is 1. The van der Waals surface area contributed by atoms with Crippen LogP contribution in [0.3, 0.4) is 0 Å². The molecular formula is C10H15N5O2. The van der Waals surface area contributed by atoms with Crippen LogP contribution in [0.4, 0.5) is 0 Å². The standard InChI is InChI=1S/C10H15N5O2/c11-9(16)2-3-13-6-7-1-4-14-8(5-7)10(12)15-17/h1,4-5,13,17H,2-3,6H2,(H2,11,16)(H2,12,15). The van der Waals surface area contributed by atoms with Gasteiger partial charge in [0.1, 0.15) is 5.69 Å². The molecule has 92 valence electrons. The normalized spacial score (nSPS) is 11.4. The van der Waals surface area contributed by atoms with Crippen LogP contribution in [0, 0.1) is 0 Å². The molecule has 1 rings (SSSR count). The van der Waals surface area contributed by atoms with E-state index in [9.17, 15) is 4.79 Å². The van der Waals surface area contributed by atoms with Crippen molar-refractivity contribution in [1.82, 2.24) is 10.3 Å². The zero-order valence-corrected chi connectivity index (χ0v) is 9.26. The molecule has 1 heterocycles. The van der Waals surface area contributed by atoms with E-state index in [1.54, 1.807) is 18.3 Å². The van der Waals surface area contributed by atoms with Crippen molar-refractivity contribution in [2.45, 2.75) is 13.0 Å². The highest BCUT2D eigenvalue weighted by atomic mass is 16.4. The summed E-state index contributed by atoms with van der Waals surface area (Å²) in [5, 5.41) is 14.4. The van der Waals surface area contributed by atoms with Crippen LogP contribution in [-0.2, 0) is 11.3 Å². The highest BCUT2D eigenvalue weighted by Gasteiger charge is 2.02. The second-order valence-corrected chi connectivity index (χ2v) is 3.43. The Labute approximate surface area is 98.5 Å². The van der Waals surface area contributed by atoms with Gasteiger partial charge in [-0.05, 0) is 17.7 Å². The fourth-order valence-corrected chi connectivity index (χ4v) is 1.22. The number of nitrogens with one attached hydrogen (secondary N) is 1. The van der Waals surface area contributed by atoms with Gasteiger partial charge in [0.25, 0.3) is 0 Å². The van der Waals surface area contributed by atoms with Gasteiger partial charge in [0.15, 0.2) is 5.84 Å². The van der Waals surface area contributed by atoms with Gasteiger partial charge in [-0.25, -0.2) is 0 Å². The molecule has 0 aliphatic carbocycles. The molecule has 0 spiro atoms. The molecule has 7 nitrogen and oxygen atoms in total. The molecule has 0 bridgehead atoms. The Balaban J connectivity index is 2.51. The van der Waals surface area contributed by atoms with E-state index in [0.717, 1.165) is 5.56 Å². The zero-order chi connectivity index (χ0) is 12.7. The summed E-state index contributed by atoms with van der Waals surface area (Å²) >= 11 is 0. The minimum Gasteiger partial charge on any atom is -0.409 e. The number of nitrogens with zero attached hydrogens (tertiary/aromatic N) is 2. The van der Waals surface area contributed by atoms with Crippen molar-refractivity contribution in [2.75, 3.05) is 6.54 Å². The molecule has 0 fully saturated rings. The molecule has 7 heteroatoms. The van der Waals surface area contributed by atoms with Crippen LogP contribution < -0.4 is 16.8 Å². The number of hydrogen-bond acceptors (Lipinski definition) is 5. The van der Waals surface area contributed by atoms with Gasteiger partial charge in [0.05, 0.1) is 0 Å². The fourth-order valence-electron chi connectivity index (χ4n) is 1.22. The van der Waals surface area contributed by atoms with Crippen molar-refractivity contribution < 1.29 is 10.0 Å². The Morgan fingerprint density at radius 1 is 1.53 bits per heavy atom. The molecule has 1 amide bonds. The first-order valence-electron chi connectivity index (χ1n) is 5.05. The SMILES string of the molecule is NC(=O)CCNCc1ccnc(C(N)=NO)c1. The van der Waals surface area contributed by atoms with E-state index in [1.165, 1.54) is 0 Å². The van der Waals surface area contributed by atoms with E-state index in [1.807, 2.05) is 0 Å². The predicted molar refractivity (Wildman–Crippen MR) is 62.3 cm³/mol. The number of hydrogen-bond donors (Lipinski definition) is 4. The van der Waals surface area contributed by atoms with Gasteiger partial charge in [-0.15, -0.1) is 0 Å². The van der Waals surface area contributed by atoms with Crippen molar-refractivity contribution in [3.63, 3.8) is 0 Å². The van der Waals surface area contributed by atoms with E-state index in [0.29, 0.717) is 18.8 Å². The van der Waals surface area contributed by atoms with Gasteiger partial charge in [-0.1, -0.05) is 5.16 Å². The lowest BCUT2D eigenvalue weighted by atomic mass is 10.2. The average molecular weight is 237 g/mol. The molecule has 1 aromatic heterocycles. The van der Waals surface area contributed by atoms with Crippen LogP contribution >= 0.6 is 0 Å². The zero-order valence-electron chi connectivity index (χ0n) is 9.26. The monoisotopic (exact) mass is 237 g/mol. The highest BCUT2D eigenvalue weighted by molar-refractivity contribution is 5.95. The van der Waals surface area contributed by atoms with Crippen molar-refractivity contribution >= 4 is 11.7 Å². The molecule has 0 unspecified atom stereocenters. The minimum atomic E-state index is -0.343. The molecule has 0 aliphatic heterocycles. The lowest BCUT2D eigenvalue weighted by molar-refractivity contribution is -0.117. The van der Waals surface area contributed by atoms with E-state index in [4.69, 9.17) is 16.7 Å². The maximum atomic E-state index is 10.5. The maximum absolute atomic E-state index is 10.5. The Bertz CT molecular complexity index is 419. The maximum Gasteiger partial charge on any atom is 0.218 e. The number of amidine groups is 1. The summed E-state index contributed by atoms with van der Waals surface area (Å²) in [4.78, 5) is 14.5. The van der Waals surface area contributed by atoms with E-state index < -0.39 is 0 Å². The molecule has 0 aliphatic rings. The molecule has 0 saturated carbocycles. The summed E-state index contributed by atoms with van der Waals surface area (Å²) in [6.07, 6.45) is 1.86. The molecule has 1 aromatic rings. The Morgan fingerprint density at radius 2 is 2.29 bits per heavy atom. The fraction of sp³-hybridized carbons (Fsp3) is 0.300. The number of primary amides is 1. The molecule has 0 saturated heterocycles. The molecule has 17 heavy (non-hydrogen) atoms. The first-order chi connectivity index (χ1) is 8.13. The summed E-state index contributed by atoms with van der Waals surface area (Å²) in [5.74, 6) is -0.381. The summed E-state index contributed by atoms with van der Waals surface area (Å²) < 4.78 is 0. The van der Waals surface area contributed by atoms with E-state index in [-0.39, 0.29) is 18.2 Å². The largest absolute Gasteiger partial charge is 0.409 e. The molecular weight excluding hydrogens is 222 g/mol. The number of nitrogens with two attached hydrogens (primary N) is 2. The van der Waals surface area contributed by atoms with Crippen molar-refractivity contribution in [1.29, 1.82) is 0 Å². The average Bonchev–Trinajstić information content (AvgIpc) is 2.34. The van der Waals surface area contributed by atoms with E-state index >= 15 is 0 Å². The van der Waals surface area contributed by atoms with Crippen molar-refractivity contribution in [3.05, 3.63) is 29.6 Å². The van der Waals surface area contributed by atoms with Crippen LogP contribution in [0.5, 0.6) is 0 Å². The van der Waals surface area contributed by atoms with Gasteiger partial charge in [-0.3, -0.25) is 9.78 Å². The van der Waals surface area contributed by atoms with Crippen LogP contribution in [0.15, 0.2) is 23.5 Å². The topological polar surface area (TPSA) is 127 Å². The lowest BCUT2D eigenvalue weighted by Gasteiger charge is -2.05. The summed E-state index contributed by atoms with van der Waals surface area (Å²) in [6, 6.07) is 3.50. The molecule has 0 atom stereocenters. The van der Waals surface area contributed by atoms with Crippen LogP contribution in [0.25, 0.3) is 0 Å². The third kappa shape index (κ3) is 4.47. The Hall–Kier alpha value is -2.15. The first kappa shape index (κ1) is 12.9. The molecule has 0 aromatic carbocycles. The number of carbonyl (C=O) groups excluding carboxylic acids is 1. The van der Waals surface area contributed by atoms with Crippen molar-refractivity contribution in [2.24, 2.45) is 16.6 Å². The van der Waals surface area contributed by atoms with Crippen LogP contribution in [0.2, 0.25) is 0 Å². The third-order valence-corrected chi connectivity index (χ3v) is 2.07. The van der Waals surface area contributed by atoms with E-state index in [2.05, 4.69) is 15.5 Å². The Morgan fingerprint density at radius 3 is 2.94 bits per heavy atom. The Kier molecular flexibility index (Phi) is 4.89. The highest BCUT2D eigenvalue weighted by Crippen LogP contribution is 2.01. The lowest BCUT2D eigenvalue weighted by Crippen LogP contribution is -2.22. The number of carbonyl (C=O) groups is 1. The summed E-state index contributed by atoms with van der Waals surface area (Å²) in [6.45, 7) is 1.07. The number of amides is 1. The molecule has 6 N–H and O–H groups in total. The quantitative estimate of drug-likeness (QED) is 0.168. The van der Waals surface area contributed by atoms with Crippen molar-refractivity contribution in [3.8, 4) is 0 Å². The third-order valence-electron chi connectivity index (χ3n) is 2.07. The number of pyridine rings is 1. The molecule has 0 radical (unpaired) electrons. The van der Waals surface area contributed by atoms with Gasteiger partial charge >= 0.3 is 0 Å². The minimum absolute atomic E-state index is 0.0380. The van der Waals surface area contributed by atoms with Gasteiger partial charge in [0, 0.05) is 25.7 Å². The number of oxime groups is 1. The van der Waals surface area contributed by atoms with Gasteiger partial charge in [0.2, 0.25) is 5.91 Å². The smallest absolute Gasteiger partial charge is 0.218 e. The first-order valence-corrected chi connectivity index (χ1v) is 5.05. The second kappa shape index (κ2) is 6.44. The predicted octanol–water partition coefficient (Wildman–Crippen LogP) is -0.859. The second-order valence-electron chi connectivity index (χ2n) is 3.43. The van der Waals surface area contributed by atoms with Crippen LogP contribution in [0.1, 0.15) is 17.7 Å². The summed E-state index contributed by atoms with van der Waals surface area (Å²) in [5.41, 5.74) is 11.7.